The van der Waals surface area contributed by atoms with Crippen molar-refractivity contribution in [2.24, 2.45) is 4.99 Å². The van der Waals surface area contributed by atoms with Gasteiger partial charge in [0.15, 0.2) is 0 Å². The highest BCUT2D eigenvalue weighted by molar-refractivity contribution is 6.14. The molecule has 0 radical (unpaired) electrons. The lowest BCUT2D eigenvalue weighted by atomic mass is 9.67. The fraction of sp³-hybridized carbons (Fsp3) is 0.0370. The van der Waals surface area contributed by atoms with E-state index in [0.717, 1.165) is 39.3 Å². The molecule has 0 saturated heterocycles. The number of fused-ring (bicyclic) bond motifs is 7. The van der Waals surface area contributed by atoms with Crippen LogP contribution in [0.4, 0.5) is 0 Å². The number of nitriles is 1. The van der Waals surface area contributed by atoms with Crippen LogP contribution >= 0.6 is 0 Å². The van der Waals surface area contributed by atoms with Crippen molar-refractivity contribution < 1.29 is 0 Å². The molecule has 1 aromatic heterocycles. The molecule has 11 rings (SSSR count). The zero-order valence-electron chi connectivity index (χ0n) is 31.5. The van der Waals surface area contributed by atoms with Gasteiger partial charge in [0, 0.05) is 33.3 Å². The van der Waals surface area contributed by atoms with Gasteiger partial charge in [-0.1, -0.05) is 170 Å². The Morgan fingerprint density at radius 1 is 0.569 bits per heavy atom. The number of aromatic nitrogens is 1. The van der Waals surface area contributed by atoms with E-state index in [4.69, 9.17) is 4.99 Å². The maximum atomic E-state index is 9.74. The van der Waals surface area contributed by atoms with Gasteiger partial charge >= 0.3 is 0 Å². The van der Waals surface area contributed by atoms with Crippen molar-refractivity contribution in [3.8, 4) is 22.9 Å². The first-order chi connectivity index (χ1) is 28.7. The Kier molecular flexibility index (Phi) is 7.80. The van der Waals surface area contributed by atoms with E-state index in [-0.39, 0.29) is 6.17 Å². The third-order valence-electron chi connectivity index (χ3n) is 11.9. The lowest BCUT2D eigenvalue weighted by Crippen LogP contribution is -2.29. The van der Waals surface area contributed by atoms with Gasteiger partial charge in [0.05, 0.1) is 33.8 Å². The fourth-order valence-corrected chi connectivity index (χ4v) is 9.47. The van der Waals surface area contributed by atoms with Gasteiger partial charge in [0.25, 0.3) is 0 Å². The normalized spacial score (nSPS) is 15.2. The Labute approximate surface area is 337 Å². The average Bonchev–Trinajstić information content (AvgIpc) is 3.81. The van der Waals surface area contributed by atoms with E-state index in [1.807, 2.05) is 30.3 Å². The summed E-state index contributed by atoms with van der Waals surface area (Å²) in [5, 5.41) is 15.9. The monoisotopic (exact) mass is 740 g/mol. The van der Waals surface area contributed by atoms with Crippen molar-refractivity contribution in [3.63, 3.8) is 0 Å². The van der Waals surface area contributed by atoms with Gasteiger partial charge in [0.2, 0.25) is 0 Å². The summed E-state index contributed by atoms with van der Waals surface area (Å²) in [6.07, 6.45) is 1.71. The van der Waals surface area contributed by atoms with Crippen LogP contribution in [-0.4, -0.2) is 10.3 Å². The van der Waals surface area contributed by atoms with Crippen LogP contribution in [0.3, 0.4) is 0 Å². The van der Waals surface area contributed by atoms with Gasteiger partial charge in [-0.05, 0) is 75.4 Å². The summed E-state index contributed by atoms with van der Waals surface area (Å²) in [5.41, 5.74) is 15.8. The molecule has 1 N–H and O–H groups in total. The number of benzene rings is 8. The summed E-state index contributed by atoms with van der Waals surface area (Å²) >= 11 is 0. The van der Waals surface area contributed by atoms with Crippen molar-refractivity contribution in [3.05, 3.63) is 251 Å². The third kappa shape index (κ3) is 5.11. The minimum absolute atomic E-state index is 0.378. The van der Waals surface area contributed by atoms with Gasteiger partial charge in [-0.25, -0.2) is 0 Å². The maximum absolute atomic E-state index is 9.74. The number of para-hydroxylation sites is 1. The smallest absolute Gasteiger partial charge is 0.145 e. The van der Waals surface area contributed by atoms with Gasteiger partial charge < -0.3 is 9.88 Å². The average molecular weight is 741 g/mol. The van der Waals surface area contributed by atoms with E-state index < -0.39 is 5.41 Å². The lowest BCUT2D eigenvalue weighted by molar-refractivity contribution is 0.663. The summed E-state index contributed by atoms with van der Waals surface area (Å²) in [7, 11) is 0. The SMILES string of the molecule is N#Cc1cccc(C2=NC(c3cccc(-n4c5ccccc5c5ccc6c(c54)C(c4ccccc4)(c4ccccc4)c4ccccc4-6)c3)NC(c3ccccc3)=C2)c1. The largest absolute Gasteiger partial charge is 0.360 e. The predicted octanol–water partition coefficient (Wildman–Crippen LogP) is 12.2. The highest BCUT2D eigenvalue weighted by Gasteiger charge is 2.48. The maximum Gasteiger partial charge on any atom is 0.145 e. The molecule has 8 aromatic carbocycles. The fourth-order valence-electron chi connectivity index (χ4n) is 9.47. The number of nitrogens with one attached hydrogen (secondary N) is 1. The first-order valence-corrected chi connectivity index (χ1v) is 19.7. The zero-order chi connectivity index (χ0) is 38.6. The number of nitrogens with zero attached hydrogens (tertiary/aromatic N) is 3. The molecular weight excluding hydrogens is 705 g/mol. The summed E-state index contributed by atoms with van der Waals surface area (Å²) in [5.74, 6) is 0. The third-order valence-corrected chi connectivity index (χ3v) is 11.9. The second-order valence-corrected chi connectivity index (χ2v) is 15.0. The standard InChI is InChI=1S/C54H36N4/c55-35-36-16-14-19-38(32-36)49-34-48(37-17-4-1-5-18-37)56-53(57-49)39-20-15-25-42(33-39)58-50-29-13-11-27-44(50)46-31-30-45-43-26-10-12-28-47(43)54(51(45)52(46)58,40-21-6-2-7-22-40)41-23-8-3-9-24-41/h1-34,53,56H. The van der Waals surface area contributed by atoms with Crippen molar-refractivity contribution >= 4 is 33.2 Å². The van der Waals surface area contributed by atoms with E-state index in [2.05, 4.69) is 192 Å². The first kappa shape index (κ1) is 33.6. The van der Waals surface area contributed by atoms with Gasteiger partial charge in [-0.15, -0.1) is 0 Å². The summed E-state index contributed by atoms with van der Waals surface area (Å²) in [4.78, 5) is 5.32. The van der Waals surface area contributed by atoms with Crippen LogP contribution in [0.15, 0.2) is 211 Å². The molecule has 2 aliphatic rings. The molecule has 0 amide bonds. The van der Waals surface area contributed by atoms with E-state index in [9.17, 15) is 5.26 Å². The Bertz CT molecular complexity index is 3110. The number of allylic oxidation sites excluding steroid dienone is 1. The van der Waals surface area contributed by atoms with E-state index >= 15 is 0 Å². The molecule has 4 nitrogen and oxygen atoms in total. The topological polar surface area (TPSA) is 53.1 Å². The molecule has 1 aliphatic heterocycles. The summed E-state index contributed by atoms with van der Waals surface area (Å²) in [6, 6.07) is 73.7. The Hall–Kier alpha value is -7.74. The molecule has 58 heavy (non-hydrogen) atoms. The molecule has 9 aromatic rings. The highest BCUT2D eigenvalue weighted by atomic mass is 15.1. The van der Waals surface area contributed by atoms with Crippen LogP contribution in [0, 0.1) is 11.3 Å². The molecule has 0 fully saturated rings. The Balaban J connectivity index is 1.17. The number of hydrogen-bond acceptors (Lipinski definition) is 3. The molecule has 2 heterocycles. The quantitative estimate of drug-likeness (QED) is 0.185. The van der Waals surface area contributed by atoms with Crippen molar-refractivity contribution in [2.45, 2.75) is 11.6 Å². The summed E-state index contributed by atoms with van der Waals surface area (Å²) in [6.45, 7) is 0. The van der Waals surface area contributed by atoms with Crippen LogP contribution < -0.4 is 5.32 Å². The van der Waals surface area contributed by atoms with Crippen LogP contribution in [-0.2, 0) is 5.41 Å². The van der Waals surface area contributed by atoms with E-state index in [1.165, 1.54) is 49.7 Å². The van der Waals surface area contributed by atoms with Gasteiger partial charge in [-0.2, -0.15) is 5.26 Å². The van der Waals surface area contributed by atoms with Crippen LogP contribution in [0.5, 0.6) is 0 Å². The molecule has 272 valence electrons. The van der Waals surface area contributed by atoms with Crippen LogP contribution in [0.1, 0.15) is 50.7 Å². The summed E-state index contributed by atoms with van der Waals surface area (Å²) < 4.78 is 2.48. The molecule has 0 bridgehead atoms. The second kappa shape index (κ2) is 13.5. The number of hydrogen-bond donors (Lipinski definition) is 1. The van der Waals surface area contributed by atoms with Crippen molar-refractivity contribution in [1.82, 2.24) is 9.88 Å². The molecule has 0 spiro atoms. The van der Waals surface area contributed by atoms with Gasteiger partial charge in [0.1, 0.15) is 6.17 Å². The minimum Gasteiger partial charge on any atom is -0.360 e. The highest BCUT2D eigenvalue weighted by Crippen LogP contribution is 2.59. The molecule has 1 aliphatic carbocycles. The van der Waals surface area contributed by atoms with E-state index in [0.29, 0.717) is 5.56 Å². The minimum atomic E-state index is -0.574. The Morgan fingerprint density at radius 3 is 2.02 bits per heavy atom. The van der Waals surface area contributed by atoms with Crippen LogP contribution in [0.25, 0.3) is 44.3 Å². The Morgan fingerprint density at radius 2 is 1.24 bits per heavy atom. The number of aliphatic imine (C=N–C) groups is 1. The predicted molar refractivity (Wildman–Crippen MR) is 236 cm³/mol. The molecular formula is C54H36N4. The van der Waals surface area contributed by atoms with Gasteiger partial charge in [-0.3, -0.25) is 4.99 Å². The lowest BCUT2D eigenvalue weighted by Gasteiger charge is -2.34. The molecule has 0 saturated carbocycles. The number of rotatable bonds is 6. The van der Waals surface area contributed by atoms with Crippen LogP contribution in [0.2, 0.25) is 0 Å². The van der Waals surface area contributed by atoms with E-state index in [1.54, 1.807) is 0 Å². The van der Waals surface area contributed by atoms with Crippen molar-refractivity contribution in [2.75, 3.05) is 0 Å². The van der Waals surface area contributed by atoms with Crippen molar-refractivity contribution in [1.29, 1.82) is 5.26 Å². The molecule has 1 unspecified atom stereocenters. The first-order valence-electron chi connectivity index (χ1n) is 19.7. The molecule has 4 heteroatoms. The zero-order valence-corrected chi connectivity index (χ0v) is 31.5. The molecule has 1 atom stereocenters. The second-order valence-electron chi connectivity index (χ2n) is 15.0.